The third-order valence-corrected chi connectivity index (χ3v) is 4.71. The third-order valence-electron chi connectivity index (χ3n) is 4.71. The molecule has 1 amide bonds. The van der Waals surface area contributed by atoms with Crippen molar-refractivity contribution in [3.63, 3.8) is 0 Å². The lowest BCUT2D eigenvalue weighted by Crippen LogP contribution is -2.36. The Labute approximate surface area is 195 Å². The van der Waals surface area contributed by atoms with Crippen LogP contribution in [0.15, 0.2) is 76.3 Å². The molecule has 1 heterocycles. The maximum absolute atomic E-state index is 12.5. The summed E-state index contributed by atoms with van der Waals surface area (Å²) < 4.78 is 11.3. The van der Waals surface area contributed by atoms with E-state index in [0.717, 1.165) is 16.9 Å². The Bertz CT molecular complexity index is 1070. The average molecular weight is 449 g/mol. The molecule has 0 aliphatic carbocycles. The second-order valence-electron chi connectivity index (χ2n) is 8.56. The number of nitrogens with zero attached hydrogens (tertiary/aromatic N) is 1. The van der Waals surface area contributed by atoms with Gasteiger partial charge in [-0.3, -0.25) is 9.79 Å². The van der Waals surface area contributed by atoms with Gasteiger partial charge in [-0.25, -0.2) is 0 Å². The molecule has 0 bridgehead atoms. The Hall–Kier alpha value is -3.74. The minimum Gasteiger partial charge on any atom is -0.488 e. The lowest BCUT2D eigenvalue weighted by molar-refractivity contribution is 0.0948. The zero-order valence-electron chi connectivity index (χ0n) is 19.6. The van der Waals surface area contributed by atoms with Crippen LogP contribution in [0.1, 0.15) is 48.0 Å². The van der Waals surface area contributed by atoms with Crippen LogP contribution in [0.4, 0.5) is 0 Å². The highest BCUT2D eigenvalue weighted by atomic mass is 16.5. The summed E-state index contributed by atoms with van der Waals surface area (Å²) in [5.74, 6) is 2.08. The molecule has 3 N–H and O–H groups in total. The molecule has 0 aliphatic heterocycles. The van der Waals surface area contributed by atoms with Crippen LogP contribution in [0.25, 0.3) is 0 Å². The number of aliphatic imine (C=N–C) groups is 1. The van der Waals surface area contributed by atoms with E-state index in [4.69, 9.17) is 9.15 Å². The van der Waals surface area contributed by atoms with E-state index in [-0.39, 0.29) is 11.5 Å². The maximum atomic E-state index is 12.5. The van der Waals surface area contributed by atoms with Crippen LogP contribution in [0, 0.1) is 0 Å². The van der Waals surface area contributed by atoms with Crippen molar-refractivity contribution < 1.29 is 13.9 Å². The number of carbonyl (C=O) groups excluding carboxylic acids is 1. The van der Waals surface area contributed by atoms with E-state index in [2.05, 4.69) is 20.9 Å². The molecule has 174 valence electrons. The zero-order chi connectivity index (χ0) is 23.7. The van der Waals surface area contributed by atoms with Crippen LogP contribution in [-0.4, -0.2) is 24.5 Å². The summed E-state index contributed by atoms with van der Waals surface area (Å²) in [5.41, 5.74) is 2.34. The molecular weight excluding hydrogens is 416 g/mol. The number of nitrogens with one attached hydrogen (secondary N) is 3. The van der Waals surface area contributed by atoms with Gasteiger partial charge < -0.3 is 25.1 Å². The quantitative estimate of drug-likeness (QED) is 0.354. The highest BCUT2D eigenvalue weighted by molar-refractivity contribution is 5.94. The molecule has 0 fully saturated rings. The summed E-state index contributed by atoms with van der Waals surface area (Å²) in [6.07, 6.45) is 1.59. The number of hydrogen-bond acceptors (Lipinski definition) is 4. The number of ether oxygens (including phenoxy) is 1. The fraction of sp³-hybridized carbons (Fsp3) is 0.308. The number of guanidine groups is 1. The molecule has 7 heteroatoms. The van der Waals surface area contributed by atoms with E-state index in [1.165, 1.54) is 0 Å². The summed E-state index contributed by atoms with van der Waals surface area (Å²) in [7, 11) is 1.73. The predicted molar refractivity (Wildman–Crippen MR) is 130 cm³/mol. The number of amides is 1. The number of carbonyl (C=O) groups is 1. The molecule has 0 spiro atoms. The van der Waals surface area contributed by atoms with Crippen molar-refractivity contribution in [1.82, 2.24) is 16.0 Å². The summed E-state index contributed by atoms with van der Waals surface area (Å²) in [6.45, 7) is 7.54. The van der Waals surface area contributed by atoms with Gasteiger partial charge >= 0.3 is 0 Å². The summed E-state index contributed by atoms with van der Waals surface area (Å²) in [4.78, 5) is 16.8. The van der Waals surface area contributed by atoms with Crippen LogP contribution in [0.5, 0.6) is 5.75 Å². The molecule has 3 rings (SSSR count). The monoisotopic (exact) mass is 448 g/mol. The van der Waals surface area contributed by atoms with Crippen LogP contribution in [-0.2, 0) is 19.6 Å². The zero-order valence-corrected chi connectivity index (χ0v) is 19.6. The van der Waals surface area contributed by atoms with Gasteiger partial charge in [-0.05, 0) is 56.7 Å². The number of rotatable bonds is 8. The molecule has 0 aliphatic rings. The first-order valence-electron chi connectivity index (χ1n) is 10.9. The van der Waals surface area contributed by atoms with Gasteiger partial charge in [0.2, 0.25) is 0 Å². The number of hydrogen-bond donors (Lipinski definition) is 3. The van der Waals surface area contributed by atoms with Crippen molar-refractivity contribution in [2.75, 3.05) is 7.05 Å². The summed E-state index contributed by atoms with van der Waals surface area (Å²) in [5, 5.41) is 9.48. The van der Waals surface area contributed by atoms with Gasteiger partial charge in [0.1, 0.15) is 17.1 Å². The topological polar surface area (TPSA) is 87.9 Å². The van der Waals surface area contributed by atoms with E-state index in [1.54, 1.807) is 25.4 Å². The normalized spacial score (nSPS) is 11.7. The van der Waals surface area contributed by atoms with Gasteiger partial charge in [-0.1, -0.05) is 30.3 Å². The van der Waals surface area contributed by atoms with E-state index in [1.807, 2.05) is 69.3 Å². The van der Waals surface area contributed by atoms with E-state index in [0.29, 0.717) is 36.9 Å². The van der Waals surface area contributed by atoms with Crippen LogP contribution in [0.2, 0.25) is 0 Å². The minimum absolute atomic E-state index is 0.147. The second-order valence-corrected chi connectivity index (χ2v) is 8.56. The average Bonchev–Trinajstić information content (AvgIpc) is 3.31. The number of furan rings is 1. The Balaban J connectivity index is 1.54. The van der Waals surface area contributed by atoms with Gasteiger partial charge in [0.15, 0.2) is 5.96 Å². The first-order valence-corrected chi connectivity index (χ1v) is 10.9. The van der Waals surface area contributed by atoms with E-state index in [9.17, 15) is 4.79 Å². The van der Waals surface area contributed by atoms with Gasteiger partial charge in [-0.15, -0.1) is 0 Å². The van der Waals surface area contributed by atoms with Crippen molar-refractivity contribution in [3.8, 4) is 5.75 Å². The molecule has 1 aromatic heterocycles. The van der Waals surface area contributed by atoms with E-state index >= 15 is 0 Å². The van der Waals surface area contributed by atoms with Gasteiger partial charge in [0, 0.05) is 31.3 Å². The molecule has 0 saturated carbocycles. The molecule has 7 nitrogen and oxygen atoms in total. The van der Waals surface area contributed by atoms with Crippen molar-refractivity contribution in [1.29, 1.82) is 0 Å². The Kier molecular flexibility index (Phi) is 8.13. The first kappa shape index (κ1) is 23.9. The summed E-state index contributed by atoms with van der Waals surface area (Å²) in [6, 6.07) is 19.1. The first-order chi connectivity index (χ1) is 15.8. The van der Waals surface area contributed by atoms with Crippen LogP contribution >= 0.6 is 0 Å². The molecular formula is C26H32N4O3. The van der Waals surface area contributed by atoms with Crippen molar-refractivity contribution in [3.05, 3.63) is 89.4 Å². The van der Waals surface area contributed by atoms with Gasteiger partial charge in [-0.2, -0.15) is 0 Å². The second kappa shape index (κ2) is 11.2. The Morgan fingerprint density at radius 3 is 2.45 bits per heavy atom. The minimum atomic E-state index is -0.273. The van der Waals surface area contributed by atoms with Crippen molar-refractivity contribution >= 4 is 11.9 Å². The lowest BCUT2D eigenvalue weighted by Gasteiger charge is -2.23. The molecule has 2 aromatic carbocycles. The molecule has 0 radical (unpaired) electrons. The smallest absolute Gasteiger partial charge is 0.251 e. The number of benzene rings is 2. The maximum Gasteiger partial charge on any atom is 0.251 e. The standard InChI is InChI=1S/C26H32N4O3/c1-26(2,3)33-23-13-6-5-10-21(23)17-30-25(27-4)29-16-19-9-7-11-20(15-19)24(31)28-18-22-12-8-14-32-22/h5-15H,16-18H2,1-4H3,(H,28,31)(H2,27,29,30). The fourth-order valence-corrected chi connectivity index (χ4v) is 3.17. The molecule has 0 saturated heterocycles. The Morgan fingerprint density at radius 1 is 0.939 bits per heavy atom. The third kappa shape index (κ3) is 7.71. The SMILES string of the molecule is CN=C(NCc1cccc(C(=O)NCc2ccco2)c1)NCc1ccccc1OC(C)(C)C. The Morgan fingerprint density at radius 2 is 1.73 bits per heavy atom. The summed E-state index contributed by atoms with van der Waals surface area (Å²) >= 11 is 0. The van der Waals surface area contributed by atoms with Crippen molar-refractivity contribution in [2.45, 2.75) is 46.0 Å². The van der Waals surface area contributed by atoms with E-state index < -0.39 is 0 Å². The molecule has 33 heavy (non-hydrogen) atoms. The molecule has 0 unspecified atom stereocenters. The number of para-hydroxylation sites is 1. The van der Waals surface area contributed by atoms with Crippen LogP contribution < -0.4 is 20.7 Å². The van der Waals surface area contributed by atoms with Crippen molar-refractivity contribution in [2.24, 2.45) is 4.99 Å². The predicted octanol–water partition coefficient (Wildman–Crippen LogP) is 4.25. The molecule has 3 aromatic rings. The molecule has 0 atom stereocenters. The fourth-order valence-electron chi connectivity index (χ4n) is 3.17. The van der Waals surface area contributed by atoms with Gasteiger partial charge in [0.05, 0.1) is 12.8 Å². The highest BCUT2D eigenvalue weighted by Crippen LogP contribution is 2.22. The van der Waals surface area contributed by atoms with Crippen LogP contribution in [0.3, 0.4) is 0 Å². The largest absolute Gasteiger partial charge is 0.488 e. The highest BCUT2D eigenvalue weighted by Gasteiger charge is 2.14. The lowest BCUT2D eigenvalue weighted by atomic mass is 10.1. The van der Waals surface area contributed by atoms with Gasteiger partial charge in [0.25, 0.3) is 5.91 Å².